The van der Waals surface area contributed by atoms with Crippen molar-refractivity contribution in [2.75, 3.05) is 10.7 Å². The van der Waals surface area contributed by atoms with Gasteiger partial charge in [-0.15, -0.1) is 18.3 Å². The molecule has 0 saturated carbocycles. The fourth-order valence-electron chi connectivity index (χ4n) is 4.96. The van der Waals surface area contributed by atoms with Gasteiger partial charge in [-0.25, -0.2) is 18.9 Å². The lowest BCUT2D eigenvalue weighted by atomic mass is 9.99. The minimum atomic E-state index is -4.76. The summed E-state index contributed by atoms with van der Waals surface area (Å²) < 4.78 is 56.7. The van der Waals surface area contributed by atoms with E-state index < -0.39 is 12.4 Å². The third-order valence-electron chi connectivity index (χ3n) is 7.16. The number of anilines is 1. The van der Waals surface area contributed by atoms with E-state index >= 15 is 0 Å². The standard InChI is InChI=1S/C33H32F4N6O2S/c1-20(2)28-18-25(34)9-14-29(28)43-22(4)15-16-46-32(43)40-31(44)39-21(3)17-23-5-7-24(8-6-23)30-38-19-42(41-30)26-10-12-27(13-11-26)45-33(35,36)37/h5-14,17-20,22H,15-16H2,1-4H3,(H,39,44)/b21-17+,40-32?. The zero-order chi connectivity index (χ0) is 33.0. The summed E-state index contributed by atoms with van der Waals surface area (Å²) >= 11 is 1.50. The number of aliphatic imine (C=N–C) groups is 1. The SMILES string of the molecule is C/C(=C\c1ccc(-c2ncn(-c3ccc(OC(F)(F)F)cc3)n2)cc1)NC(=O)N=C1SCCC(C)N1c1ccc(F)cc1C(C)C. The van der Waals surface area contributed by atoms with Gasteiger partial charge in [0.25, 0.3) is 0 Å². The smallest absolute Gasteiger partial charge is 0.406 e. The molecule has 5 rings (SSSR count). The average Bonchev–Trinajstić information content (AvgIpc) is 3.48. The van der Waals surface area contributed by atoms with E-state index in [9.17, 15) is 22.4 Å². The summed E-state index contributed by atoms with van der Waals surface area (Å²) in [6.45, 7) is 7.86. The maximum atomic E-state index is 14.1. The zero-order valence-electron chi connectivity index (χ0n) is 25.5. The largest absolute Gasteiger partial charge is 0.573 e. The maximum Gasteiger partial charge on any atom is 0.573 e. The molecule has 1 aromatic heterocycles. The molecule has 1 N–H and O–H groups in total. The second-order valence-corrected chi connectivity index (χ2v) is 12.1. The van der Waals surface area contributed by atoms with E-state index in [0.29, 0.717) is 22.4 Å². The van der Waals surface area contributed by atoms with Crippen LogP contribution < -0.4 is 15.0 Å². The first kappa shape index (κ1) is 32.7. The topological polar surface area (TPSA) is 84.6 Å². The van der Waals surface area contributed by atoms with Gasteiger partial charge >= 0.3 is 12.4 Å². The van der Waals surface area contributed by atoms with Crippen LogP contribution in [0.4, 0.5) is 28.0 Å². The molecular weight excluding hydrogens is 620 g/mol. The van der Waals surface area contributed by atoms with Crippen LogP contribution in [0.25, 0.3) is 23.2 Å². The number of halogens is 4. The highest BCUT2D eigenvalue weighted by Gasteiger charge is 2.31. The molecule has 0 aliphatic carbocycles. The number of urea groups is 1. The average molecular weight is 653 g/mol. The number of carbonyl (C=O) groups is 1. The van der Waals surface area contributed by atoms with Gasteiger partial charge < -0.3 is 15.0 Å². The van der Waals surface area contributed by atoms with Crippen LogP contribution in [0.3, 0.4) is 0 Å². The Morgan fingerprint density at radius 1 is 1.11 bits per heavy atom. The molecule has 2 heterocycles. The molecule has 0 radical (unpaired) electrons. The Balaban J connectivity index is 1.26. The molecule has 0 spiro atoms. The van der Waals surface area contributed by atoms with Crippen molar-refractivity contribution >= 4 is 34.7 Å². The number of allylic oxidation sites excluding steroid dienone is 1. The van der Waals surface area contributed by atoms with Gasteiger partial charge in [0.15, 0.2) is 11.0 Å². The molecule has 1 aliphatic rings. The van der Waals surface area contributed by atoms with Crippen molar-refractivity contribution in [1.29, 1.82) is 0 Å². The van der Waals surface area contributed by atoms with Crippen LogP contribution in [0.1, 0.15) is 51.2 Å². The summed E-state index contributed by atoms with van der Waals surface area (Å²) in [5.41, 5.74) is 4.37. The highest BCUT2D eigenvalue weighted by molar-refractivity contribution is 8.14. The van der Waals surface area contributed by atoms with Gasteiger partial charge in [0, 0.05) is 28.7 Å². The molecule has 1 aliphatic heterocycles. The Morgan fingerprint density at radius 3 is 2.50 bits per heavy atom. The number of nitrogens with zero attached hydrogens (tertiary/aromatic N) is 5. The van der Waals surface area contributed by atoms with Gasteiger partial charge in [0.1, 0.15) is 17.9 Å². The Labute approximate surface area is 268 Å². The number of amidine groups is 1. The van der Waals surface area contributed by atoms with E-state index in [1.807, 2.05) is 49.1 Å². The van der Waals surface area contributed by atoms with Crippen LogP contribution in [-0.2, 0) is 0 Å². The second kappa shape index (κ2) is 13.8. The lowest BCUT2D eigenvalue weighted by molar-refractivity contribution is -0.274. The van der Waals surface area contributed by atoms with Gasteiger partial charge in [0.05, 0.1) is 5.69 Å². The Morgan fingerprint density at radius 2 is 1.83 bits per heavy atom. The fourth-order valence-corrected chi connectivity index (χ4v) is 6.17. The normalized spacial score (nSPS) is 16.6. The number of alkyl halides is 3. The number of aromatic nitrogens is 3. The van der Waals surface area contributed by atoms with Gasteiger partial charge in [0.2, 0.25) is 0 Å². The fraction of sp³-hybridized carbons (Fsp3) is 0.273. The van der Waals surface area contributed by atoms with Crippen molar-refractivity contribution in [2.24, 2.45) is 4.99 Å². The number of amides is 2. The number of benzene rings is 3. The van der Waals surface area contributed by atoms with Crippen LogP contribution in [0, 0.1) is 5.82 Å². The number of hydrogen-bond donors (Lipinski definition) is 1. The minimum absolute atomic E-state index is 0.0882. The third kappa shape index (κ3) is 8.13. The molecule has 8 nitrogen and oxygen atoms in total. The van der Waals surface area contributed by atoms with Crippen LogP contribution >= 0.6 is 11.8 Å². The molecule has 0 bridgehead atoms. The van der Waals surface area contributed by atoms with Crippen molar-refractivity contribution in [3.8, 4) is 22.8 Å². The summed E-state index contributed by atoms with van der Waals surface area (Å²) in [6.07, 6.45) is -0.584. The Bertz CT molecular complexity index is 1750. The first-order valence-electron chi connectivity index (χ1n) is 14.5. The van der Waals surface area contributed by atoms with Crippen LogP contribution in [0.2, 0.25) is 0 Å². The maximum absolute atomic E-state index is 14.1. The molecule has 13 heteroatoms. The van der Waals surface area contributed by atoms with Gasteiger partial charge in [-0.2, -0.15) is 4.99 Å². The van der Waals surface area contributed by atoms with E-state index in [-0.39, 0.29) is 23.5 Å². The van der Waals surface area contributed by atoms with Crippen LogP contribution in [0.15, 0.2) is 83.7 Å². The van der Waals surface area contributed by atoms with E-state index in [1.54, 1.807) is 19.1 Å². The number of carbonyl (C=O) groups excluding carboxylic acids is 1. The van der Waals surface area contributed by atoms with E-state index in [2.05, 4.69) is 32.1 Å². The molecule has 240 valence electrons. The minimum Gasteiger partial charge on any atom is -0.406 e. The number of rotatable bonds is 7. The van der Waals surface area contributed by atoms with Crippen LogP contribution in [-0.4, -0.2) is 44.1 Å². The Hall–Kier alpha value is -4.65. The van der Waals surface area contributed by atoms with Gasteiger partial charge in [-0.1, -0.05) is 49.9 Å². The van der Waals surface area contributed by atoms with Gasteiger partial charge in [-0.3, -0.25) is 0 Å². The predicted octanol–water partition coefficient (Wildman–Crippen LogP) is 8.55. The Kier molecular flexibility index (Phi) is 9.80. The van der Waals surface area contributed by atoms with E-state index in [4.69, 9.17) is 0 Å². The van der Waals surface area contributed by atoms with E-state index in [1.165, 1.54) is 53.1 Å². The quantitative estimate of drug-likeness (QED) is 0.202. The van der Waals surface area contributed by atoms with E-state index in [0.717, 1.165) is 34.6 Å². The van der Waals surface area contributed by atoms with Crippen molar-refractivity contribution < 1.29 is 27.1 Å². The summed E-state index contributed by atoms with van der Waals surface area (Å²) in [6, 6.07) is 17.0. The lowest BCUT2D eigenvalue weighted by Gasteiger charge is -2.37. The van der Waals surface area contributed by atoms with Crippen molar-refractivity contribution in [3.05, 3.63) is 95.7 Å². The number of thioether (sulfide) groups is 1. The first-order chi connectivity index (χ1) is 21.9. The summed E-state index contributed by atoms with van der Waals surface area (Å²) in [7, 11) is 0. The highest BCUT2D eigenvalue weighted by atomic mass is 32.2. The monoisotopic (exact) mass is 652 g/mol. The van der Waals surface area contributed by atoms with Crippen LogP contribution in [0.5, 0.6) is 5.75 Å². The number of hydrogen-bond acceptors (Lipinski definition) is 5. The molecule has 4 aromatic rings. The number of nitrogens with one attached hydrogen (secondary N) is 1. The molecule has 1 atom stereocenters. The molecule has 46 heavy (non-hydrogen) atoms. The van der Waals surface area contributed by atoms with Crippen molar-refractivity contribution in [1.82, 2.24) is 20.1 Å². The summed E-state index contributed by atoms with van der Waals surface area (Å²) in [5, 5.41) is 7.82. The van der Waals surface area contributed by atoms with Crippen molar-refractivity contribution in [3.63, 3.8) is 0 Å². The molecule has 1 fully saturated rings. The zero-order valence-corrected chi connectivity index (χ0v) is 26.4. The molecular formula is C33H32F4N6O2S. The lowest BCUT2D eigenvalue weighted by Crippen LogP contribution is -2.42. The van der Waals surface area contributed by atoms with Crippen molar-refractivity contribution in [2.45, 2.75) is 52.4 Å². The number of ether oxygens (including phenoxy) is 1. The second-order valence-electron chi connectivity index (χ2n) is 11.0. The molecule has 2 amide bonds. The van der Waals surface area contributed by atoms with Gasteiger partial charge in [-0.05, 0) is 85.9 Å². The third-order valence-corrected chi connectivity index (χ3v) is 8.15. The summed E-state index contributed by atoms with van der Waals surface area (Å²) in [4.78, 5) is 23.7. The molecule has 1 saturated heterocycles. The highest BCUT2D eigenvalue weighted by Crippen LogP contribution is 2.35. The summed E-state index contributed by atoms with van der Waals surface area (Å²) in [5.74, 6) is 0.712. The predicted molar refractivity (Wildman–Crippen MR) is 173 cm³/mol. The molecule has 1 unspecified atom stereocenters. The first-order valence-corrected chi connectivity index (χ1v) is 15.5. The molecule has 3 aromatic carbocycles.